The smallest absolute Gasteiger partial charge is 0.313 e. The molecule has 0 radical (unpaired) electrons. The molecule has 0 aliphatic heterocycles. The highest BCUT2D eigenvalue weighted by molar-refractivity contribution is 6.06. The van der Waals surface area contributed by atoms with Gasteiger partial charge in [0, 0.05) is 0 Å². The van der Waals surface area contributed by atoms with Crippen LogP contribution in [0.4, 0.5) is 8.78 Å². The SMILES string of the molecule is CCOC(=O)CC(=O)c1cc(C)cc(F)c1F. The number of hydrogen-bond acceptors (Lipinski definition) is 3. The molecule has 0 amide bonds. The minimum Gasteiger partial charge on any atom is -0.466 e. The Hall–Kier alpha value is -1.78. The number of benzene rings is 1. The van der Waals surface area contributed by atoms with E-state index in [4.69, 9.17) is 0 Å². The number of halogens is 2. The molecule has 0 saturated heterocycles. The minimum absolute atomic E-state index is 0.136. The van der Waals surface area contributed by atoms with Gasteiger partial charge in [-0.2, -0.15) is 0 Å². The number of Topliss-reactive ketones (excluding diaryl/α,β-unsaturated/α-hetero) is 1. The van der Waals surface area contributed by atoms with Gasteiger partial charge in [0.1, 0.15) is 6.42 Å². The fraction of sp³-hybridized carbons (Fsp3) is 0.333. The summed E-state index contributed by atoms with van der Waals surface area (Å²) in [6.07, 6.45) is -0.590. The molecule has 0 saturated carbocycles. The van der Waals surface area contributed by atoms with Crippen molar-refractivity contribution in [3.8, 4) is 0 Å². The number of ether oxygens (including phenoxy) is 1. The van der Waals surface area contributed by atoms with Gasteiger partial charge in [-0.25, -0.2) is 8.78 Å². The lowest BCUT2D eigenvalue weighted by molar-refractivity contribution is -0.141. The van der Waals surface area contributed by atoms with Crippen LogP contribution in [0.15, 0.2) is 12.1 Å². The quantitative estimate of drug-likeness (QED) is 0.462. The van der Waals surface area contributed by atoms with Gasteiger partial charge in [0.15, 0.2) is 17.4 Å². The average molecular weight is 242 g/mol. The molecule has 92 valence electrons. The van der Waals surface area contributed by atoms with Gasteiger partial charge in [0.25, 0.3) is 0 Å². The zero-order chi connectivity index (χ0) is 13.0. The van der Waals surface area contributed by atoms with Crippen molar-refractivity contribution in [3.63, 3.8) is 0 Å². The fourth-order valence-electron chi connectivity index (χ4n) is 1.37. The van der Waals surface area contributed by atoms with E-state index in [2.05, 4.69) is 4.74 Å². The molecule has 0 spiro atoms. The van der Waals surface area contributed by atoms with Crippen molar-refractivity contribution in [2.45, 2.75) is 20.3 Å². The molecule has 0 aromatic heterocycles. The van der Waals surface area contributed by atoms with Gasteiger partial charge in [0.05, 0.1) is 12.2 Å². The molecule has 5 heteroatoms. The first-order valence-corrected chi connectivity index (χ1v) is 5.10. The minimum atomic E-state index is -1.23. The average Bonchev–Trinajstić information content (AvgIpc) is 2.23. The third-order valence-electron chi connectivity index (χ3n) is 2.08. The van der Waals surface area contributed by atoms with Crippen molar-refractivity contribution in [1.29, 1.82) is 0 Å². The number of aryl methyl sites for hydroxylation is 1. The molecule has 0 aliphatic carbocycles. The van der Waals surface area contributed by atoms with E-state index in [1.165, 1.54) is 13.0 Å². The van der Waals surface area contributed by atoms with E-state index in [1.54, 1.807) is 6.92 Å². The van der Waals surface area contributed by atoms with Crippen LogP contribution in [0.1, 0.15) is 29.3 Å². The molecule has 0 bridgehead atoms. The van der Waals surface area contributed by atoms with E-state index in [-0.39, 0.29) is 6.61 Å². The van der Waals surface area contributed by atoms with Gasteiger partial charge in [-0.15, -0.1) is 0 Å². The molecule has 0 heterocycles. The van der Waals surface area contributed by atoms with E-state index < -0.39 is 35.4 Å². The summed E-state index contributed by atoms with van der Waals surface area (Å²) in [7, 11) is 0. The summed E-state index contributed by atoms with van der Waals surface area (Å²) < 4.78 is 30.9. The van der Waals surface area contributed by atoms with E-state index in [0.29, 0.717) is 5.56 Å². The second-order valence-electron chi connectivity index (χ2n) is 3.51. The predicted octanol–water partition coefficient (Wildman–Crippen LogP) is 2.41. The predicted molar refractivity (Wildman–Crippen MR) is 56.7 cm³/mol. The van der Waals surface area contributed by atoms with E-state index in [1.807, 2.05) is 0 Å². The van der Waals surface area contributed by atoms with Crippen LogP contribution in [0.3, 0.4) is 0 Å². The van der Waals surface area contributed by atoms with Crippen molar-refractivity contribution < 1.29 is 23.1 Å². The number of ketones is 1. The van der Waals surface area contributed by atoms with Crippen LogP contribution in [-0.4, -0.2) is 18.4 Å². The fourth-order valence-corrected chi connectivity index (χ4v) is 1.37. The summed E-state index contributed by atoms with van der Waals surface area (Å²) in [5, 5.41) is 0. The highest BCUT2D eigenvalue weighted by Crippen LogP contribution is 2.16. The Morgan fingerprint density at radius 1 is 1.29 bits per heavy atom. The second kappa shape index (κ2) is 5.52. The Morgan fingerprint density at radius 3 is 2.53 bits per heavy atom. The van der Waals surface area contributed by atoms with Crippen LogP contribution >= 0.6 is 0 Å². The Bertz CT molecular complexity index is 455. The van der Waals surface area contributed by atoms with E-state index in [0.717, 1.165) is 6.07 Å². The zero-order valence-electron chi connectivity index (χ0n) is 9.55. The van der Waals surface area contributed by atoms with Gasteiger partial charge >= 0.3 is 5.97 Å². The summed E-state index contributed by atoms with van der Waals surface area (Å²) >= 11 is 0. The maximum Gasteiger partial charge on any atom is 0.313 e. The van der Waals surface area contributed by atoms with Gasteiger partial charge < -0.3 is 4.74 Å². The van der Waals surface area contributed by atoms with Gasteiger partial charge in [-0.05, 0) is 31.5 Å². The molecule has 0 fully saturated rings. The van der Waals surface area contributed by atoms with Crippen molar-refractivity contribution in [1.82, 2.24) is 0 Å². The number of rotatable bonds is 4. The van der Waals surface area contributed by atoms with Crippen LogP contribution in [0.25, 0.3) is 0 Å². The second-order valence-corrected chi connectivity index (χ2v) is 3.51. The molecule has 0 atom stereocenters. The molecule has 0 aliphatic rings. The first kappa shape index (κ1) is 13.3. The van der Waals surface area contributed by atoms with Crippen LogP contribution in [0, 0.1) is 18.6 Å². The molecule has 0 N–H and O–H groups in total. The van der Waals surface area contributed by atoms with E-state index >= 15 is 0 Å². The lowest BCUT2D eigenvalue weighted by Gasteiger charge is -2.05. The lowest BCUT2D eigenvalue weighted by atomic mass is 10.0. The van der Waals surface area contributed by atoms with Gasteiger partial charge in [-0.3, -0.25) is 9.59 Å². The Morgan fingerprint density at radius 2 is 1.94 bits per heavy atom. The molecule has 1 rings (SSSR count). The normalized spacial score (nSPS) is 10.1. The van der Waals surface area contributed by atoms with Crippen LogP contribution in [0.5, 0.6) is 0 Å². The molecule has 17 heavy (non-hydrogen) atoms. The summed E-state index contributed by atoms with van der Waals surface area (Å²) in [6, 6.07) is 2.19. The summed E-state index contributed by atoms with van der Waals surface area (Å²) in [4.78, 5) is 22.6. The zero-order valence-corrected chi connectivity index (χ0v) is 9.55. The highest BCUT2D eigenvalue weighted by atomic mass is 19.2. The molecular weight excluding hydrogens is 230 g/mol. The van der Waals surface area contributed by atoms with Crippen molar-refractivity contribution in [2.75, 3.05) is 6.61 Å². The van der Waals surface area contributed by atoms with Crippen LogP contribution < -0.4 is 0 Å². The Balaban J connectivity index is 2.93. The first-order chi connectivity index (χ1) is 7.95. The Kier molecular flexibility index (Phi) is 4.31. The molecule has 3 nitrogen and oxygen atoms in total. The summed E-state index contributed by atoms with van der Waals surface area (Å²) in [5.41, 5.74) is -0.00772. The molecule has 0 unspecified atom stereocenters. The largest absolute Gasteiger partial charge is 0.466 e. The van der Waals surface area contributed by atoms with E-state index in [9.17, 15) is 18.4 Å². The van der Waals surface area contributed by atoms with Crippen molar-refractivity contribution in [2.24, 2.45) is 0 Å². The van der Waals surface area contributed by atoms with Crippen molar-refractivity contribution in [3.05, 3.63) is 34.9 Å². The van der Waals surface area contributed by atoms with Gasteiger partial charge in [-0.1, -0.05) is 0 Å². The van der Waals surface area contributed by atoms with Crippen LogP contribution in [-0.2, 0) is 9.53 Å². The maximum absolute atomic E-state index is 13.3. The number of carbonyl (C=O) groups excluding carboxylic acids is 2. The standard InChI is InChI=1S/C12H12F2O3/c1-3-17-11(16)6-10(15)8-4-7(2)5-9(13)12(8)14/h4-5H,3,6H2,1-2H3. The lowest BCUT2D eigenvalue weighted by Crippen LogP contribution is -2.13. The monoisotopic (exact) mass is 242 g/mol. The number of hydrogen-bond donors (Lipinski definition) is 0. The molecule has 1 aromatic rings. The third-order valence-corrected chi connectivity index (χ3v) is 2.08. The first-order valence-electron chi connectivity index (χ1n) is 5.10. The molecular formula is C12H12F2O3. The molecule has 1 aromatic carbocycles. The number of esters is 1. The topological polar surface area (TPSA) is 43.4 Å². The summed E-state index contributed by atoms with van der Waals surface area (Å²) in [5.74, 6) is -3.87. The Labute approximate surface area is 97.4 Å². The van der Waals surface area contributed by atoms with Gasteiger partial charge in [0.2, 0.25) is 0 Å². The van der Waals surface area contributed by atoms with Crippen LogP contribution in [0.2, 0.25) is 0 Å². The maximum atomic E-state index is 13.3. The number of carbonyl (C=O) groups is 2. The highest BCUT2D eigenvalue weighted by Gasteiger charge is 2.19. The van der Waals surface area contributed by atoms with Crippen molar-refractivity contribution >= 4 is 11.8 Å². The third kappa shape index (κ3) is 3.34. The summed E-state index contributed by atoms with van der Waals surface area (Å²) in [6.45, 7) is 3.26.